The lowest BCUT2D eigenvalue weighted by molar-refractivity contribution is -0.117. The predicted octanol–water partition coefficient (Wildman–Crippen LogP) is 1.22. The van der Waals surface area contributed by atoms with Crippen LogP contribution in [0.3, 0.4) is 0 Å². The quantitative estimate of drug-likeness (QED) is 0.691. The van der Waals surface area contributed by atoms with Crippen molar-refractivity contribution in [2.75, 3.05) is 11.6 Å². The van der Waals surface area contributed by atoms with Gasteiger partial charge in [-0.3, -0.25) is 9.79 Å². The molecule has 1 amide bonds. The smallest absolute Gasteiger partial charge is 0.240 e. The maximum atomic E-state index is 10.8. The minimum absolute atomic E-state index is 0.00360. The predicted molar refractivity (Wildman–Crippen MR) is 52.8 cm³/mol. The average molecular weight is 207 g/mol. The molecule has 12 heavy (non-hydrogen) atoms. The maximum absolute atomic E-state index is 10.8. The fourth-order valence-corrected chi connectivity index (χ4v) is 1.98. The highest BCUT2D eigenvalue weighted by molar-refractivity contribution is 8.14. The van der Waals surface area contributed by atoms with Crippen molar-refractivity contribution in [2.24, 2.45) is 4.99 Å². The number of amides is 1. The van der Waals surface area contributed by atoms with Gasteiger partial charge in [-0.1, -0.05) is 18.7 Å². The number of amidine groups is 1. The fraction of sp³-hybridized carbons (Fsp3) is 0.714. The number of aliphatic imine (C=N–C) groups is 1. The Kier molecular flexibility index (Phi) is 3.88. The molecule has 68 valence electrons. The topological polar surface area (TPSA) is 41.5 Å². The number of hydrogen-bond donors (Lipinski definition) is 1. The van der Waals surface area contributed by atoms with Gasteiger partial charge in [0.2, 0.25) is 5.91 Å². The van der Waals surface area contributed by atoms with E-state index in [2.05, 4.69) is 17.2 Å². The van der Waals surface area contributed by atoms with Gasteiger partial charge in [0.1, 0.15) is 5.88 Å². The van der Waals surface area contributed by atoms with Crippen LogP contribution in [0.4, 0.5) is 0 Å². The summed E-state index contributed by atoms with van der Waals surface area (Å²) in [5.41, 5.74) is 0. The molecule has 3 nitrogen and oxygen atoms in total. The molecule has 0 saturated carbocycles. The van der Waals surface area contributed by atoms with Crippen molar-refractivity contribution < 1.29 is 4.79 Å². The van der Waals surface area contributed by atoms with Crippen LogP contribution >= 0.6 is 23.4 Å². The molecule has 0 saturated heterocycles. The second kappa shape index (κ2) is 4.72. The third-order valence-corrected chi connectivity index (χ3v) is 2.83. The molecule has 0 radical (unpaired) electrons. The number of halogens is 1. The second-order valence-electron chi connectivity index (χ2n) is 2.49. The van der Waals surface area contributed by atoms with Crippen molar-refractivity contribution >= 4 is 34.4 Å². The number of alkyl halides is 1. The van der Waals surface area contributed by atoms with Crippen LogP contribution in [0.2, 0.25) is 0 Å². The summed E-state index contributed by atoms with van der Waals surface area (Å²) in [6.45, 7) is 2.08. The molecule has 1 aliphatic rings. The van der Waals surface area contributed by atoms with E-state index in [1.165, 1.54) is 0 Å². The van der Waals surface area contributed by atoms with E-state index in [0.29, 0.717) is 11.2 Å². The minimum Gasteiger partial charge on any atom is -0.304 e. The highest BCUT2D eigenvalue weighted by Crippen LogP contribution is 2.18. The number of carbonyl (C=O) groups excluding carboxylic acids is 1. The van der Waals surface area contributed by atoms with Crippen LogP contribution in [-0.2, 0) is 4.79 Å². The van der Waals surface area contributed by atoms with Gasteiger partial charge >= 0.3 is 0 Å². The Hall–Kier alpha value is -0.220. The number of carbonyl (C=O) groups is 1. The van der Waals surface area contributed by atoms with Crippen LogP contribution in [0.1, 0.15) is 13.3 Å². The third-order valence-electron chi connectivity index (χ3n) is 1.55. The van der Waals surface area contributed by atoms with Gasteiger partial charge < -0.3 is 5.32 Å². The standard InChI is InChI=1S/C7H11ClN2OS/c1-2-5-4-12-7(9-5)10-6(11)3-8/h5H,2-4H2,1H3,(H,9,10,11). The molecule has 0 aromatic heterocycles. The van der Waals surface area contributed by atoms with Crippen molar-refractivity contribution in [3.8, 4) is 0 Å². The van der Waals surface area contributed by atoms with E-state index in [9.17, 15) is 4.79 Å². The van der Waals surface area contributed by atoms with Crippen molar-refractivity contribution in [3.05, 3.63) is 0 Å². The number of nitrogens with zero attached hydrogens (tertiary/aromatic N) is 1. The molecule has 0 spiro atoms. The first-order valence-corrected chi connectivity index (χ1v) is 5.34. The summed E-state index contributed by atoms with van der Waals surface area (Å²) in [4.78, 5) is 15.1. The zero-order chi connectivity index (χ0) is 8.97. The van der Waals surface area contributed by atoms with Crippen LogP contribution in [-0.4, -0.2) is 28.7 Å². The molecule has 0 aromatic rings. The van der Waals surface area contributed by atoms with E-state index < -0.39 is 0 Å². The Labute approximate surface area is 81.0 Å². The lowest BCUT2D eigenvalue weighted by Gasteiger charge is -1.98. The Balaban J connectivity index is 2.39. The van der Waals surface area contributed by atoms with Gasteiger partial charge in [0.25, 0.3) is 0 Å². The SMILES string of the molecule is CCC1CSC(NC(=O)CCl)=N1. The molecule has 0 aromatic carbocycles. The summed E-state index contributed by atoms with van der Waals surface area (Å²) in [5.74, 6) is 0.782. The molecule has 0 bridgehead atoms. The minimum atomic E-state index is -0.181. The van der Waals surface area contributed by atoms with Gasteiger partial charge in [-0.25, -0.2) is 0 Å². The van der Waals surface area contributed by atoms with E-state index >= 15 is 0 Å². The molecule has 1 aliphatic heterocycles. The van der Waals surface area contributed by atoms with E-state index in [0.717, 1.165) is 12.2 Å². The van der Waals surface area contributed by atoms with Gasteiger partial charge in [-0.2, -0.15) is 0 Å². The highest BCUT2D eigenvalue weighted by atomic mass is 35.5. The zero-order valence-electron chi connectivity index (χ0n) is 6.84. The van der Waals surface area contributed by atoms with E-state index in [4.69, 9.17) is 11.6 Å². The lowest BCUT2D eigenvalue weighted by Crippen LogP contribution is -2.28. The number of hydrogen-bond acceptors (Lipinski definition) is 3. The monoisotopic (exact) mass is 206 g/mol. The Bertz CT molecular complexity index is 208. The summed E-state index contributed by atoms with van der Waals surface area (Å²) in [5, 5.41) is 3.35. The van der Waals surface area contributed by atoms with Crippen molar-refractivity contribution in [3.63, 3.8) is 0 Å². The molecule has 0 aliphatic carbocycles. The molecule has 1 heterocycles. The Morgan fingerprint density at radius 3 is 3.17 bits per heavy atom. The van der Waals surface area contributed by atoms with Crippen LogP contribution in [0.25, 0.3) is 0 Å². The summed E-state index contributed by atoms with van der Waals surface area (Å²) in [7, 11) is 0. The summed E-state index contributed by atoms with van der Waals surface area (Å²) in [6, 6.07) is 0.362. The molecule has 5 heteroatoms. The second-order valence-corrected chi connectivity index (χ2v) is 3.77. The van der Waals surface area contributed by atoms with Crippen LogP contribution < -0.4 is 5.32 Å². The number of nitrogens with one attached hydrogen (secondary N) is 1. The van der Waals surface area contributed by atoms with Gasteiger partial charge in [-0.15, -0.1) is 11.6 Å². The first kappa shape index (κ1) is 9.86. The number of thioether (sulfide) groups is 1. The molecule has 1 rings (SSSR count). The molecule has 0 fully saturated rings. The van der Waals surface area contributed by atoms with E-state index in [1.54, 1.807) is 11.8 Å². The normalized spacial score (nSPS) is 22.2. The number of rotatable bonds is 2. The fourth-order valence-electron chi connectivity index (χ4n) is 0.846. The van der Waals surface area contributed by atoms with Crippen LogP contribution in [0.5, 0.6) is 0 Å². The van der Waals surface area contributed by atoms with Crippen LogP contribution in [0, 0.1) is 0 Å². The third kappa shape index (κ3) is 2.68. The largest absolute Gasteiger partial charge is 0.304 e. The van der Waals surface area contributed by atoms with E-state index in [-0.39, 0.29) is 11.8 Å². The molecular weight excluding hydrogens is 196 g/mol. The van der Waals surface area contributed by atoms with E-state index in [1.807, 2.05) is 0 Å². The molecular formula is C7H11ClN2OS. The molecule has 1 unspecified atom stereocenters. The summed E-state index contributed by atoms with van der Waals surface area (Å²) in [6.07, 6.45) is 1.02. The maximum Gasteiger partial charge on any atom is 0.240 e. The highest BCUT2D eigenvalue weighted by Gasteiger charge is 2.17. The summed E-state index contributed by atoms with van der Waals surface area (Å²) >= 11 is 6.90. The molecule has 1 N–H and O–H groups in total. The first-order chi connectivity index (χ1) is 5.76. The Morgan fingerprint density at radius 2 is 2.67 bits per heavy atom. The van der Waals surface area contributed by atoms with Crippen molar-refractivity contribution in [1.82, 2.24) is 5.32 Å². The first-order valence-electron chi connectivity index (χ1n) is 3.82. The Morgan fingerprint density at radius 1 is 1.92 bits per heavy atom. The molecule has 1 atom stereocenters. The van der Waals surface area contributed by atoms with Crippen molar-refractivity contribution in [1.29, 1.82) is 0 Å². The van der Waals surface area contributed by atoms with Gasteiger partial charge in [0, 0.05) is 5.75 Å². The van der Waals surface area contributed by atoms with Crippen molar-refractivity contribution in [2.45, 2.75) is 19.4 Å². The van der Waals surface area contributed by atoms with Gasteiger partial charge in [0.15, 0.2) is 5.17 Å². The van der Waals surface area contributed by atoms with Gasteiger partial charge in [-0.05, 0) is 6.42 Å². The average Bonchev–Trinajstić information content (AvgIpc) is 2.52. The van der Waals surface area contributed by atoms with Gasteiger partial charge in [0.05, 0.1) is 6.04 Å². The lowest BCUT2D eigenvalue weighted by atomic mass is 10.3. The zero-order valence-corrected chi connectivity index (χ0v) is 8.41. The van der Waals surface area contributed by atoms with Crippen LogP contribution in [0.15, 0.2) is 4.99 Å². The summed E-state index contributed by atoms with van der Waals surface area (Å²) < 4.78 is 0.